The molecule has 1 aromatic heterocycles. The molecule has 1 atom stereocenters. The summed E-state index contributed by atoms with van der Waals surface area (Å²) in [6.07, 6.45) is -3.61. The van der Waals surface area contributed by atoms with Crippen LogP contribution < -0.4 is 25.3 Å². The normalized spacial score (nSPS) is 15.4. The average molecular weight is 581 g/mol. The minimum atomic E-state index is -4.75. The number of ether oxygens (including phenoxy) is 1. The lowest BCUT2D eigenvalue weighted by Gasteiger charge is -2.18. The Hall–Kier alpha value is -4.42. The monoisotopic (exact) mass is 580 g/mol. The third-order valence-electron chi connectivity index (χ3n) is 6.35. The highest BCUT2D eigenvalue weighted by molar-refractivity contribution is 7.07. The quantitative estimate of drug-likeness (QED) is 0.270. The van der Waals surface area contributed by atoms with Crippen LogP contribution in [0.1, 0.15) is 34.1 Å². The van der Waals surface area contributed by atoms with Gasteiger partial charge in [-0.15, -0.1) is 24.5 Å². The van der Waals surface area contributed by atoms with E-state index < -0.39 is 18.6 Å². The largest absolute Gasteiger partial charge is 0.573 e. The molecular formula is C29H27F3N6O2S. The van der Waals surface area contributed by atoms with E-state index in [2.05, 4.69) is 58.4 Å². The van der Waals surface area contributed by atoms with Gasteiger partial charge in [0, 0.05) is 16.8 Å². The van der Waals surface area contributed by atoms with Crippen LogP contribution in [0.4, 0.5) is 29.3 Å². The van der Waals surface area contributed by atoms with Crippen molar-refractivity contribution in [1.29, 1.82) is 0 Å². The van der Waals surface area contributed by atoms with Crippen LogP contribution in [-0.2, 0) is 0 Å². The van der Waals surface area contributed by atoms with Gasteiger partial charge in [0.15, 0.2) is 4.80 Å². The minimum Gasteiger partial charge on any atom is -0.406 e. The number of carbonyl (C=O) groups excluding carboxylic acids is 1. The molecule has 212 valence electrons. The number of hydrazine groups is 1. The van der Waals surface area contributed by atoms with Crippen molar-refractivity contribution < 1.29 is 22.7 Å². The molecule has 0 aliphatic carbocycles. The Kier molecular flexibility index (Phi) is 7.70. The second-order valence-corrected chi connectivity index (χ2v) is 10.5. The summed E-state index contributed by atoms with van der Waals surface area (Å²) in [6.45, 7) is 8.15. The number of hydrogen-bond donors (Lipinski definition) is 2. The van der Waals surface area contributed by atoms with E-state index in [9.17, 15) is 18.0 Å². The molecule has 0 fully saturated rings. The maximum Gasteiger partial charge on any atom is 0.573 e. The zero-order valence-electron chi connectivity index (χ0n) is 22.7. The molecular weight excluding hydrogens is 553 g/mol. The van der Waals surface area contributed by atoms with Gasteiger partial charge < -0.3 is 10.1 Å². The van der Waals surface area contributed by atoms with Gasteiger partial charge >= 0.3 is 12.4 Å². The Morgan fingerprint density at radius 2 is 1.68 bits per heavy atom. The van der Waals surface area contributed by atoms with E-state index in [1.54, 1.807) is 23.5 Å². The number of benzene rings is 3. The van der Waals surface area contributed by atoms with Gasteiger partial charge in [0.2, 0.25) is 0 Å². The van der Waals surface area contributed by atoms with Gasteiger partial charge in [-0.05, 0) is 80.8 Å². The van der Waals surface area contributed by atoms with E-state index in [-0.39, 0.29) is 5.75 Å². The molecule has 8 nitrogen and oxygen atoms in total. The maximum atomic E-state index is 12.8. The second-order valence-electron chi connectivity index (χ2n) is 9.61. The number of nitrogens with one attached hydrogen (secondary N) is 2. The van der Waals surface area contributed by atoms with Crippen LogP contribution in [0.5, 0.6) is 5.75 Å². The molecule has 5 rings (SSSR count). The minimum absolute atomic E-state index is 0.303. The number of alkyl halides is 3. The van der Waals surface area contributed by atoms with Gasteiger partial charge in [0.05, 0.1) is 11.4 Å². The van der Waals surface area contributed by atoms with Crippen LogP contribution in [0.3, 0.4) is 0 Å². The summed E-state index contributed by atoms with van der Waals surface area (Å²) >= 11 is 1.40. The summed E-state index contributed by atoms with van der Waals surface area (Å²) < 4.78 is 43.1. The Labute approximate surface area is 238 Å². The summed E-state index contributed by atoms with van der Waals surface area (Å²) in [5.41, 5.74) is 10.6. The number of aromatic nitrogens is 1. The first-order valence-corrected chi connectivity index (χ1v) is 13.5. The Balaban J connectivity index is 1.25. The standard InChI is InChI=1S/C29H27F3N6O2S/c1-17-13-18(2)25(19(3)14-17)38-20(4)15-41-28(38)35-27(39)34-22-7-5-21(6-8-22)26-33-16-37(36-26)23-9-11-24(12-10-23)40-29(30,31)32/h5-16,26,36H,1-4H3,(H,34,39)/b35-28-. The third-order valence-corrected chi connectivity index (χ3v) is 7.30. The molecule has 3 aromatic carbocycles. The van der Waals surface area contributed by atoms with Crippen molar-refractivity contribution in [2.75, 3.05) is 10.3 Å². The number of aliphatic imine (C=N–C) groups is 1. The highest BCUT2D eigenvalue weighted by atomic mass is 32.1. The molecule has 0 saturated heterocycles. The average Bonchev–Trinajstić information content (AvgIpc) is 3.51. The summed E-state index contributed by atoms with van der Waals surface area (Å²) in [7, 11) is 0. The lowest BCUT2D eigenvalue weighted by atomic mass is 10.0. The molecule has 0 radical (unpaired) electrons. The molecule has 4 aromatic rings. The van der Waals surface area contributed by atoms with E-state index >= 15 is 0 Å². The first-order valence-electron chi connectivity index (χ1n) is 12.6. The Morgan fingerprint density at radius 3 is 2.32 bits per heavy atom. The molecule has 41 heavy (non-hydrogen) atoms. The number of thiazole rings is 1. The van der Waals surface area contributed by atoms with Gasteiger partial charge in [-0.25, -0.2) is 9.79 Å². The molecule has 0 bridgehead atoms. The third kappa shape index (κ3) is 6.50. The zero-order chi connectivity index (χ0) is 29.3. The lowest BCUT2D eigenvalue weighted by Crippen LogP contribution is -2.33. The van der Waals surface area contributed by atoms with E-state index in [0.29, 0.717) is 16.2 Å². The van der Waals surface area contributed by atoms with Crippen molar-refractivity contribution in [3.8, 4) is 11.4 Å². The van der Waals surface area contributed by atoms with Crippen molar-refractivity contribution in [1.82, 2.24) is 9.99 Å². The van der Waals surface area contributed by atoms with Gasteiger partial charge in [-0.2, -0.15) is 10.4 Å². The molecule has 2 N–H and O–H groups in total. The molecule has 1 aliphatic rings. The number of hydrogen-bond acceptors (Lipinski definition) is 6. The van der Waals surface area contributed by atoms with E-state index in [1.807, 2.05) is 29.0 Å². The van der Waals surface area contributed by atoms with Gasteiger partial charge in [0.25, 0.3) is 0 Å². The fourth-order valence-corrected chi connectivity index (χ4v) is 5.55. The van der Waals surface area contributed by atoms with E-state index in [4.69, 9.17) is 0 Å². The van der Waals surface area contributed by atoms with Crippen LogP contribution in [0.15, 0.2) is 76.0 Å². The van der Waals surface area contributed by atoms with Crippen molar-refractivity contribution in [2.24, 2.45) is 9.98 Å². The summed E-state index contributed by atoms with van der Waals surface area (Å²) in [4.78, 5) is 22.2. The summed E-state index contributed by atoms with van der Waals surface area (Å²) in [6, 6.07) is 16.3. The number of urea groups is 1. The maximum absolute atomic E-state index is 12.8. The number of carbonyl (C=O) groups is 1. The predicted octanol–water partition coefficient (Wildman–Crippen LogP) is 6.86. The van der Waals surface area contributed by atoms with E-state index in [0.717, 1.165) is 28.1 Å². The van der Waals surface area contributed by atoms with Crippen molar-refractivity contribution in [3.05, 3.63) is 98.8 Å². The summed E-state index contributed by atoms with van der Waals surface area (Å²) in [5, 5.41) is 6.40. The fraction of sp³-hybridized carbons (Fsp3) is 0.207. The number of nitrogens with zero attached hydrogens (tertiary/aromatic N) is 4. The first-order chi connectivity index (χ1) is 19.5. The number of aryl methyl sites for hydroxylation is 4. The smallest absolute Gasteiger partial charge is 0.406 e. The molecule has 1 aliphatic heterocycles. The molecule has 0 saturated carbocycles. The predicted molar refractivity (Wildman–Crippen MR) is 154 cm³/mol. The highest BCUT2D eigenvalue weighted by Gasteiger charge is 2.31. The number of rotatable bonds is 5. The fourth-order valence-electron chi connectivity index (χ4n) is 4.70. The molecule has 2 heterocycles. The number of anilines is 2. The van der Waals surface area contributed by atoms with Gasteiger partial charge in [-0.1, -0.05) is 29.8 Å². The van der Waals surface area contributed by atoms with Crippen LogP contribution in [0, 0.1) is 27.7 Å². The van der Waals surface area contributed by atoms with Crippen molar-refractivity contribution >= 4 is 35.1 Å². The highest BCUT2D eigenvalue weighted by Crippen LogP contribution is 2.28. The SMILES string of the molecule is Cc1cc(C)c(-n2c(C)cs/c2=N\C(=O)Nc2ccc(C3N=CN(c4ccc(OC(F)(F)F)cc4)N3)cc2)c(C)c1. The Morgan fingerprint density at radius 1 is 1.02 bits per heavy atom. The van der Waals surface area contributed by atoms with Gasteiger partial charge in [-0.3, -0.25) is 9.58 Å². The molecule has 12 heteroatoms. The topological polar surface area (TPSA) is 83.2 Å². The summed E-state index contributed by atoms with van der Waals surface area (Å²) in [5.74, 6) is -0.303. The molecule has 1 unspecified atom stereocenters. The van der Waals surface area contributed by atoms with Crippen LogP contribution >= 0.6 is 11.3 Å². The number of halogens is 3. The van der Waals surface area contributed by atoms with Crippen molar-refractivity contribution in [2.45, 2.75) is 40.2 Å². The van der Waals surface area contributed by atoms with E-state index in [1.165, 1.54) is 41.2 Å². The zero-order valence-corrected chi connectivity index (χ0v) is 23.5. The van der Waals surface area contributed by atoms with Crippen molar-refractivity contribution in [3.63, 3.8) is 0 Å². The van der Waals surface area contributed by atoms with Crippen LogP contribution in [-0.4, -0.2) is 23.3 Å². The lowest BCUT2D eigenvalue weighted by molar-refractivity contribution is -0.274. The molecule has 0 spiro atoms. The van der Waals surface area contributed by atoms with Gasteiger partial charge in [0.1, 0.15) is 18.3 Å². The molecule has 2 amide bonds. The van der Waals surface area contributed by atoms with Crippen LogP contribution in [0.2, 0.25) is 0 Å². The first kappa shape index (κ1) is 28.1. The Bertz CT molecular complexity index is 1650. The van der Waals surface area contributed by atoms with Crippen LogP contribution in [0.25, 0.3) is 5.69 Å². The number of amides is 2. The second kappa shape index (κ2) is 11.2.